The third-order valence-electron chi connectivity index (χ3n) is 3.77. The monoisotopic (exact) mass is 352 g/mol. The van der Waals surface area contributed by atoms with E-state index in [1.807, 2.05) is 4.90 Å². The van der Waals surface area contributed by atoms with Crippen LogP contribution in [0.2, 0.25) is 0 Å². The third-order valence-corrected chi connectivity index (χ3v) is 3.77. The predicted octanol–water partition coefficient (Wildman–Crippen LogP) is -0.405. The topological polar surface area (TPSA) is 86.0 Å². The van der Waals surface area contributed by atoms with Crippen molar-refractivity contribution in [3.63, 3.8) is 0 Å². The van der Waals surface area contributed by atoms with Crippen LogP contribution in [0.3, 0.4) is 0 Å². The number of carbonyl (C=O) groups is 1. The molecule has 0 aromatic heterocycles. The van der Waals surface area contributed by atoms with E-state index in [-0.39, 0.29) is 25.0 Å². The average molecular weight is 352 g/mol. The Morgan fingerprint density at radius 3 is 2.50 bits per heavy atom. The van der Waals surface area contributed by atoms with Gasteiger partial charge in [-0.1, -0.05) is 0 Å². The molecular formula is C14H27F3N6O. The van der Waals surface area contributed by atoms with E-state index in [4.69, 9.17) is 5.73 Å². The number of nitrogens with one attached hydrogen (secondary N) is 2. The zero-order valence-electron chi connectivity index (χ0n) is 14.2. The van der Waals surface area contributed by atoms with Crippen molar-refractivity contribution in [2.75, 3.05) is 53.4 Å². The van der Waals surface area contributed by atoms with Gasteiger partial charge in [-0.15, -0.1) is 0 Å². The maximum atomic E-state index is 12.2. The molecule has 0 unspecified atom stereocenters. The molecule has 1 heterocycles. The molecule has 7 nitrogen and oxygen atoms in total. The van der Waals surface area contributed by atoms with Gasteiger partial charge in [0.1, 0.15) is 0 Å². The number of hydrogen-bond acceptors (Lipinski definition) is 4. The zero-order valence-corrected chi connectivity index (χ0v) is 14.2. The number of halogens is 3. The summed E-state index contributed by atoms with van der Waals surface area (Å²) >= 11 is 0. The second-order valence-electron chi connectivity index (χ2n) is 6.01. The minimum Gasteiger partial charge on any atom is -0.369 e. The number of piperidine rings is 1. The van der Waals surface area contributed by atoms with Crippen molar-refractivity contribution < 1.29 is 18.0 Å². The minimum atomic E-state index is -4.19. The Morgan fingerprint density at radius 2 is 2.00 bits per heavy atom. The van der Waals surface area contributed by atoms with Crippen molar-refractivity contribution in [1.82, 2.24) is 20.4 Å². The fourth-order valence-corrected chi connectivity index (χ4v) is 2.59. The molecule has 1 aliphatic heterocycles. The zero-order chi connectivity index (χ0) is 18.2. The predicted molar refractivity (Wildman–Crippen MR) is 86.7 cm³/mol. The average Bonchev–Trinajstić information content (AvgIpc) is 2.45. The third kappa shape index (κ3) is 8.92. The maximum absolute atomic E-state index is 12.2. The Kier molecular flexibility index (Phi) is 8.26. The van der Waals surface area contributed by atoms with Gasteiger partial charge in [0.2, 0.25) is 5.91 Å². The van der Waals surface area contributed by atoms with E-state index < -0.39 is 12.7 Å². The van der Waals surface area contributed by atoms with Crippen LogP contribution in [0.4, 0.5) is 13.2 Å². The Hall–Kier alpha value is -1.55. The summed E-state index contributed by atoms with van der Waals surface area (Å²) in [6.07, 6.45) is -2.49. The summed E-state index contributed by atoms with van der Waals surface area (Å²) in [5.74, 6) is 0.241. The fraction of sp³-hybridized carbons (Fsp3) is 0.857. The standard InChI is InChI=1S/C14H27F3N6O/c1-19-13(20-5-8-22(2)10-14(15,16)17)21-11-3-6-23(7-4-11)9-12(18)24/h11H,3-10H2,1-2H3,(H2,18,24)(H2,19,20,21). The summed E-state index contributed by atoms with van der Waals surface area (Å²) in [7, 11) is 3.05. The second-order valence-corrected chi connectivity index (χ2v) is 6.01. The van der Waals surface area contributed by atoms with Gasteiger partial charge < -0.3 is 16.4 Å². The van der Waals surface area contributed by atoms with Crippen molar-refractivity contribution in [1.29, 1.82) is 0 Å². The van der Waals surface area contributed by atoms with Gasteiger partial charge in [0.05, 0.1) is 13.1 Å². The quantitative estimate of drug-likeness (QED) is 0.429. The smallest absolute Gasteiger partial charge is 0.369 e. The summed E-state index contributed by atoms with van der Waals surface area (Å²) in [5.41, 5.74) is 5.18. The number of likely N-dealkylation sites (tertiary alicyclic amines) is 1. The maximum Gasteiger partial charge on any atom is 0.401 e. The highest BCUT2D eigenvalue weighted by Gasteiger charge is 2.28. The lowest BCUT2D eigenvalue weighted by atomic mass is 10.1. The Bertz CT molecular complexity index is 421. The number of nitrogens with zero attached hydrogens (tertiary/aromatic N) is 3. The lowest BCUT2D eigenvalue weighted by Gasteiger charge is -2.32. The normalized spacial score (nSPS) is 18.0. The van der Waals surface area contributed by atoms with Crippen LogP contribution in [-0.4, -0.2) is 87.2 Å². The van der Waals surface area contributed by atoms with Crippen LogP contribution in [0, 0.1) is 0 Å². The molecule has 0 atom stereocenters. The van der Waals surface area contributed by atoms with Gasteiger partial charge in [-0.3, -0.25) is 19.6 Å². The number of amides is 1. The number of primary amides is 1. The van der Waals surface area contributed by atoms with Gasteiger partial charge in [0, 0.05) is 39.3 Å². The van der Waals surface area contributed by atoms with Gasteiger partial charge in [-0.05, 0) is 19.9 Å². The summed E-state index contributed by atoms with van der Waals surface area (Å²) in [4.78, 5) is 18.2. The summed E-state index contributed by atoms with van der Waals surface area (Å²) in [6.45, 7) is 1.51. The molecule has 4 N–H and O–H groups in total. The van der Waals surface area contributed by atoms with Gasteiger partial charge in [-0.25, -0.2) is 0 Å². The van der Waals surface area contributed by atoms with Crippen LogP contribution in [0.15, 0.2) is 4.99 Å². The number of guanidine groups is 1. The molecule has 1 saturated heterocycles. The van der Waals surface area contributed by atoms with Gasteiger partial charge in [0.15, 0.2) is 5.96 Å². The van der Waals surface area contributed by atoms with Gasteiger partial charge >= 0.3 is 6.18 Å². The SMILES string of the molecule is CN=C(NCCN(C)CC(F)(F)F)NC1CCN(CC(N)=O)CC1. The highest BCUT2D eigenvalue weighted by molar-refractivity contribution is 5.80. The number of alkyl halides is 3. The molecule has 24 heavy (non-hydrogen) atoms. The van der Waals surface area contributed by atoms with Crippen LogP contribution >= 0.6 is 0 Å². The Labute approximate surface area is 140 Å². The minimum absolute atomic E-state index is 0.216. The Balaban J connectivity index is 2.25. The molecule has 1 aliphatic rings. The van der Waals surface area contributed by atoms with E-state index in [9.17, 15) is 18.0 Å². The van der Waals surface area contributed by atoms with Crippen LogP contribution in [0.25, 0.3) is 0 Å². The van der Waals surface area contributed by atoms with E-state index in [2.05, 4.69) is 15.6 Å². The Morgan fingerprint density at radius 1 is 1.38 bits per heavy atom. The number of rotatable bonds is 7. The largest absolute Gasteiger partial charge is 0.401 e. The van der Waals surface area contributed by atoms with E-state index in [0.717, 1.165) is 25.9 Å². The van der Waals surface area contributed by atoms with Crippen LogP contribution in [0.1, 0.15) is 12.8 Å². The molecule has 0 spiro atoms. The molecule has 0 radical (unpaired) electrons. The van der Waals surface area contributed by atoms with Crippen molar-refractivity contribution in [2.24, 2.45) is 10.7 Å². The van der Waals surface area contributed by atoms with Gasteiger partial charge in [-0.2, -0.15) is 13.2 Å². The fourth-order valence-electron chi connectivity index (χ4n) is 2.59. The number of hydrogen-bond donors (Lipinski definition) is 3. The molecule has 0 saturated carbocycles. The molecule has 0 aliphatic carbocycles. The number of aliphatic imine (C=N–C) groups is 1. The second kappa shape index (κ2) is 9.67. The first-order valence-electron chi connectivity index (χ1n) is 7.92. The van der Waals surface area contributed by atoms with Crippen LogP contribution in [-0.2, 0) is 4.79 Å². The number of carbonyl (C=O) groups excluding carboxylic acids is 1. The first-order valence-corrected chi connectivity index (χ1v) is 7.92. The summed E-state index contributed by atoms with van der Waals surface area (Å²) in [5, 5.41) is 6.28. The highest BCUT2D eigenvalue weighted by atomic mass is 19.4. The molecule has 1 amide bonds. The number of likely N-dealkylation sites (N-methyl/N-ethyl adjacent to an activating group) is 1. The van der Waals surface area contributed by atoms with Crippen molar-refractivity contribution >= 4 is 11.9 Å². The molecule has 1 rings (SSSR count). The molecule has 0 bridgehead atoms. The van der Waals surface area contributed by atoms with E-state index in [1.165, 1.54) is 11.9 Å². The van der Waals surface area contributed by atoms with Crippen molar-refractivity contribution in [2.45, 2.75) is 25.1 Å². The molecule has 1 fully saturated rings. The van der Waals surface area contributed by atoms with Crippen LogP contribution < -0.4 is 16.4 Å². The van der Waals surface area contributed by atoms with Crippen molar-refractivity contribution in [3.8, 4) is 0 Å². The van der Waals surface area contributed by atoms with E-state index in [0.29, 0.717) is 12.5 Å². The summed E-state index contributed by atoms with van der Waals surface area (Å²) in [6, 6.07) is 0.216. The highest BCUT2D eigenvalue weighted by Crippen LogP contribution is 2.15. The summed E-state index contributed by atoms with van der Waals surface area (Å²) < 4.78 is 36.7. The van der Waals surface area contributed by atoms with Gasteiger partial charge in [0.25, 0.3) is 0 Å². The molecule has 0 aromatic rings. The van der Waals surface area contributed by atoms with E-state index in [1.54, 1.807) is 7.05 Å². The van der Waals surface area contributed by atoms with E-state index >= 15 is 0 Å². The molecule has 140 valence electrons. The first kappa shape index (κ1) is 20.5. The number of nitrogens with two attached hydrogens (primary N) is 1. The lowest BCUT2D eigenvalue weighted by Crippen LogP contribution is -2.50. The molecule has 10 heteroatoms. The molecule has 0 aromatic carbocycles. The van der Waals surface area contributed by atoms with Crippen molar-refractivity contribution in [3.05, 3.63) is 0 Å². The lowest BCUT2D eigenvalue weighted by molar-refractivity contribution is -0.142. The molecular weight excluding hydrogens is 325 g/mol. The van der Waals surface area contributed by atoms with Crippen LogP contribution in [0.5, 0.6) is 0 Å². The first-order chi connectivity index (χ1) is 11.2.